The zero-order valence-corrected chi connectivity index (χ0v) is 10.9. The lowest BCUT2D eigenvalue weighted by molar-refractivity contribution is -0.128. The van der Waals surface area contributed by atoms with E-state index in [0.717, 1.165) is 17.5 Å². The Morgan fingerprint density at radius 1 is 1.50 bits per heavy atom. The number of aldehydes is 1. The van der Waals surface area contributed by atoms with Crippen LogP contribution in [0.1, 0.15) is 24.1 Å². The molecule has 0 aliphatic heterocycles. The predicted octanol–water partition coefficient (Wildman–Crippen LogP) is 1.17. The zero-order valence-electron chi connectivity index (χ0n) is 10.9. The van der Waals surface area contributed by atoms with E-state index in [-0.39, 0.29) is 12.3 Å². The molecule has 1 atom stereocenters. The van der Waals surface area contributed by atoms with Crippen LogP contribution in [-0.4, -0.2) is 30.3 Å². The minimum atomic E-state index is -0.685. The second-order valence-corrected chi connectivity index (χ2v) is 4.02. The highest BCUT2D eigenvalue weighted by atomic mass is 16.5. The van der Waals surface area contributed by atoms with Crippen LogP contribution >= 0.6 is 0 Å². The molecule has 1 rings (SSSR count). The molecule has 1 amide bonds. The molecule has 0 bridgehead atoms. The molecule has 1 N–H and O–H groups in total. The van der Waals surface area contributed by atoms with Gasteiger partial charge in [0, 0.05) is 31.6 Å². The molecule has 0 aromatic carbocycles. The van der Waals surface area contributed by atoms with Gasteiger partial charge in [0.2, 0.25) is 5.88 Å². The van der Waals surface area contributed by atoms with Gasteiger partial charge in [-0.1, -0.05) is 6.07 Å². The number of hydrogen-bond donors (Lipinski definition) is 1. The lowest BCUT2D eigenvalue weighted by Crippen LogP contribution is -2.36. The number of aromatic nitrogens is 1. The molecule has 1 aromatic rings. The Kier molecular flexibility index (Phi) is 5.30. The van der Waals surface area contributed by atoms with Crippen molar-refractivity contribution in [3.8, 4) is 5.88 Å². The van der Waals surface area contributed by atoms with Crippen molar-refractivity contribution in [3.05, 3.63) is 23.4 Å². The number of carbonyl (C=O) groups excluding carboxylic acids is 2. The van der Waals surface area contributed by atoms with Gasteiger partial charge in [-0.2, -0.15) is 0 Å². The van der Waals surface area contributed by atoms with Crippen molar-refractivity contribution < 1.29 is 14.3 Å². The first-order chi connectivity index (χ1) is 8.58. The summed E-state index contributed by atoms with van der Waals surface area (Å²) in [4.78, 5) is 26.2. The molecule has 1 aromatic heterocycles. The minimum absolute atomic E-state index is 0.253. The maximum atomic E-state index is 11.6. The molecular formula is C13H18N2O3. The molecule has 0 spiro atoms. The highest BCUT2D eigenvalue weighted by molar-refractivity contribution is 5.81. The number of hydrogen-bond acceptors (Lipinski definition) is 4. The SMILES string of the molecule is CNC(=O)C(CCC=O)Oc1ccc(C)c(C)n1. The van der Waals surface area contributed by atoms with Gasteiger partial charge in [0.25, 0.3) is 5.91 Å². The molecule has 0 radical (unpaired) electrons. The molecule has 0 saturated heterocycles. The molecule has 5 heteroatoms. The molecule has 1 heterocycles. The van der Waals surface area contributed by atoms with Crippen LogP contribution in [0, 0.1) is 13.8 Å². The molecular weight excluding hydrogens is 232 g/mol. The van der Waals surface area contributed by atoms with Crippen LogP contribution in [0.4, 0.5) is 0 Å². The standard InChI is InChI=1S/C13H18N2O3/c1-9-6-7-12(15-10(9)2)18-11(5-4-8-16)13(17)14-3/h6-8,11H,4-5H2,1-3H3,(H,14,17). The molecule has 0 fully saturated rings. The van der Waals surface area contributed by atoms with Crippen LogP contribution < -0.4 is 10.1 Å². The molecule has 1 unspecified atom stereocenters. The van der Waals surface area contributed by atoms with Crippen LogP contribution in [0.25, 0.3) is 0 Å². The fraction of sp³-hybridized carbons (Fsp3) is 0.462. The van der Waals surface area contributed by atoms with Gasteiger partial charge < -0.3 is 14.8 Å². The first kappa shape index (κ1) is 14.2. The van der Waals surface area contributed by atoms with Crippen LogP contribution in [0.2, 0.25) is 0 Å². The van der Waals surface area contributed by atoms with E-state index in [4.69, 9.17) is 4.74 Å². The first-order valence-electron chi connectivity index (χ1n) is 5.84. The van der Waals surface area contributed by atoms with Crippen molar-refractivity contribution >= 4 is 12.2 Å². The van der Waals surface area contributed by atoms with E-state index < -0.39 is 6.10 Å². The monoisotopic (exact) mass is 250 g/mol. The summed E-state index contributed by atoms with van der Waals surface area (Å²) in [5.74, 6) is 0.148. The lowest BCUT2D eigenvalue weighted by atomic mass is 10.2. The molecule has 0 aliphatic carbocycles. The number of nitrogens with zero attached hydrogens (tertiary/aromatic N) is 1. The second kappa shape index (κ2) is 6.74. The summed E-state index contributed by atoms with van der Waals surface area (Å²) in [5, 5.41) is 2.51. The largest absolute Gasteiger partial charge is 0.464 e. The summed E-state index contributed by atoms with van der Waals surface area (Å²) in [6, 6.07) is 3.61. The van der Waals surface area contributed by atoms with Gasteiger partial charge in [-0.25, -0.2) is 4.98 Å². The van der Waals surface area contributed by atoms with Crippen molar-refractivity contribution in [2.45, 2.75) is 32.8 Å². The summed E-state index contributed by atoms with van der Waals surface area (Å²) in [6.07, 6.45) is 0.711. The van der Waals surface area contributed by atoms with E-state index in [0.29, 0.717) is 12.3 Å². The van der Waals surface area contributed by atoms with Crippen molar-refractivity contribution in [2.24, 2.45) is 0 Å². The van der Waals surface area contributed by atoms with E-state index in [9.17, 15) is 9.59 Å². The van der Waals surface area contributed by atoms with E-state index >= 15 is 0 Å². The van der Waals surface area contributed by atoms with Crippen molar-refractivity contribution in [1.82, 2.24) is 10.3 Å². The Balaban J connectivity index is 2.78. The van der Waals surface area contributed by atoms with E-state index in [2.05, 4.69) is 10.3 Å². The third-order valence-electron chi connectivity index (χ3n) is 2.67. The van der Waals surface area contributed by atoms with Crippen molar-refractivity contribution in [1.29, 1.82) is 0 Å². The highest BCUT2D eigenvalue weighted by Gasteiger charge is 2.19. The number of likely N-dealkylation sites (N-methyl/N-ethyl adjacent to an activating group) is 1. The van der Waals surface area contributed by atoms with Crippen LogP contribution in [0.15, 0.2) is 12.1 Å². The van der Waals surface area contributed by atoms with E-state index in [1.54, 1.807) is 6.07 Å². The number of carbonyl (C=O) groups is 2. The van der Waals surface area contributed by atoms with Gasteiger partial charge >= 0.3 is 0 Å². The number of rotatable bonds is 6. The maximum Gasteiger partial charge on any atom is 0.260 e. The first-order valence-corrected chi connectivity index (χ1v) is 5.84. The van der Waals surface area contributed by atoms with Gasteiger partial charge in [-0.3, -0.25) is 4.79 Å². The van der Waals surface area contributed by atoms with Gasteiger partial charge in [0.05, 0.1) is 0 Å². The third kappa shape index (κ3) is 3.84. The molecule has 98 valence electrons. The predicted molar refractivity (Wildman–Crippen MR) is 67.5 cm³/mol. The third-order valence-corrected chi connectivity index (χ3v) is 2.67. The Labute approximate surface area is 107 Å². The van der Waals surface area contributed by atoms with Crippen LogP contribution in [-0.2, 0) is 9.59 Å². The fourth-order valence-electron chi connectivity index (χ4n) is 1.44. The molecule has 18 heavy (non-hydrogen) atoms. The van der Waals surface area contributed by atoms with Gasteiger partial charge in [-0.05, 0) is 19.4 Å². The minimum Gasteiger partial charge on any atom is -0.464 e. The number of ether oxygens (including phenoxy) is 1. The topological polar surface area (TPSA) is 68.3 Å². The van der Waals surface area contributed by atoms with Crippen molar-refractivity contribution in [3.63, 3.8) is 0 Å². The normalized spacial score (nSPS) is 11.7. The smallest absolute Gasteiger partial charge is 0.260 e. The molecule has 0 aliphatic rings. The maximum absolute atomic E-state index is 11.6. The number of nitrogens with one attached hydrogen (secondary N) is 1. The lowest BCUT2D eigenvalue weighted by Gasteiger charge is -2.16. The quantitative estimate of drug-likeness (QED) is 0.769. The zero-order chi connectivity index (χ0) is 13.5. The van der Waals surface area contributed by atoms with Gasteiger partial charge in [0.15, 0.2) is 6.10 Å². The summed E-state index contributed by atoms with van der Waals surface area (Å²) < 4.78 is 5.52. The van der Waals surface area contributed by atoms with E-state index in [1.165, 1.54) is 7.05 Å². The Bertz CT molecular complexity index is 432. The van der Waals surface area contributed by atoms with Gasteiger partial charge in [0.1, 0.15) is 6.29 Å². The van der Waals surface area contributed by atoms with Crippen LogP contribution in [0.3, 0.4) is 0 Å². The summed E-state index contributed by atoms with van der Waals surface area (Å²) >= 11 is 0. The van der Waals surface area contributed by atoms with Gasteiger partial charge in [-0.15, -0.1) is 0 Å². The van der Waals surface area contributed by atoms with Crippen LogP contribution in [0.5, 0.6) is 5.88 Å². The summed E-state index contributed by atoms with van der Waals surface area (Å²) in [7, 11) is 1.54. The molecule has 5 nitrogen and oxygen atoms in total. The average molecular weight is 250 g/mol. The number of aryl methyl sites for hydroxylation is 2. The fourth-order valence-corrected chi connectivity index (χ4v) is 1.44. The Morgan fingerprint density at radius 2 is 2.22 bits per heavy atom. The average Bonchev–Trinajstić information content (AvgIpc) is 2.37. The highest BCUT2D eigenvalue weighted by Crippen LogP contribution is 2.14. The Hall–Kier alpha value is -1.91. The van der Waals surface area contributed by atoms with Crippen molar-refractivity contribution in [2.75, 3.05) is 7.05 Å². The molecule has 0 saturated carbocycles. The summed E-state index contributed by atoms with van der Waals surface area (Å²) in [5.41, 5.74) is 1.92. The number of pyridine rings is 1. The number of amides is 1. The van der Waals surface area contributed by atoms with E-state index in [1.807, 2.05) is 19.9 Å². The Morgan fingerprint density at radius 3 is 2.78 bits per heavy atom. The summed E-state index contributed by atoms with van der Waals surface area (Å²) in [6.45, 7) is 3.83. The second-order valence-electron chi connectivity index (χ2n) is 4.02.